The van der Waals surface area contributed by atoms with E-state index in [4.69, 9.17) is 0 Å². The van der Waals surface area contributed by atoms with Crippen LogP contribution in [0, 0.1) is 11.8 Å². The van der Waals surface area contributed by atoms with Crippen LogP contribution in [0.3, 0.4) is 0 Å². The second-order valence-corrected chi connectivity index (χ2v) is 3.77. The molecule has 1 fully saturated rings. The average molecular weight is 156 g/mol. The van der Waals surface area contributed by atoms with Gasteiger partial charge < -0.3 is 5.11 Å². The molecule has 11 heavy (non-hydrogen) atoms. The average Bonchev–Trinajstić information content (AvgIpc) is 1.85. The second kappa shape index (κ2) is 3.35. The van der Waals surface area contributed by atoms with Gasteiger partial charge in [0.1, 0.15) is 5.78 Å². The Morgan fingerprint density at radius 2 is 2.00 bits per heavy atom. The number of ketones is 1. The van der Waals surface area contributed by atoms with E-state index in [0.29, 0.717) is 12.3 Å². The standard InChI is InChI=1S/C9H16O2/c1-6-3-8(7(2)10)5-9(11)4-6/h6,8-9,11H,3-5H2,1-2H3. The van der Waals surface area contributed by atoms with Gasteiger partial charge in [0.25, 0.3) is 0 Å². The molecule has 1 aliphatic carbocycles. The zero-order valence-corrected chi connectivity index (χ0v) is 7.21. The summed E-state index contributed by atoms with van der Waals surface area (Å²) in [5.41, 5.74) is 0. The van der Waals surface area contributed by atoms with Crippen molar-refractivity contribution in [3.8, 4) is 0 Å². The maximum Gasteiger partial charge on any atom is 0.133 e. The molecule has 3 atom stereocenters. The lowest BCUT2D eigenvalue weighted by Gasteiger charge is -2.28. The van der Waals surface area contributed by atoms with Gasteiger partial charge in [0, 0.05) is 5.92 Å². The molecule has 0 aromatic carbocycles. The highest BCUT2D eigenvalue weighted by Gasteiger charge is 2.27. The molecule has 0 aromatic rings. The summed E-state index contributed by atoms with van der Waals surface area (Å²) in [6, 6.07) is 0. The molecule has 3 unspecified atom stereocenters. The molecule has 0 saturated heterocycles. The van der Waals surface area contributed by atoms with Crippen LogP contribution in [-0.2, 0) is 4.79 Å². The van der Waals surface area contributed by atoms with Gasteiger partial charge in [0.2, 0.25) is 0 Å². The highest BCUT2D eigenvalue weighted by atomic mass is 16.3. The van der Waals surface area contributed by atoms with Gasteiger partial charge in [-0.3, -0.25) is 4.79 Å². The highest BCUT2D eigenvalue weighted by molar-refractivity contribution is 5.78. The molecule has 0 bridgehead atoms. The van der Waals surface area contributed by atoms with Gasteiger partial charge in [-0.25, -0.2) is 0 Å². The van der Waals surface area contributed by atoms with Crippen molar-refractivity contribution in [2.75, 3.05) is 0 Å². The van der Waals surface area contributed by atoms with E-state index in [1.54, 1.807) is 6.92 Å². The fourth-order valence-electron chi connectivity index (χ4n) is 1.90. The Hall–Kier alpha value is -0.370. The van der Waals surface area contributed by atoms with Gasteiger partial charge in [-0.1, -0.05) is 6.92 Å². The molecule has 0 amide bonds. The first kappa shape index (κ1) is 8.72. The second-order valence-electron chi connectivity index (χ2n) is 3.77. The monoisotopic (exact) mass is 156 g/mol. The zero-order valence-electron chi connectivity index (χ0n) is 7.21. The summed E-state index contributed by atoms with van der Waals surface area (Å²) in [5, 5.41) is 9.35. The van der Waals surface area contributed by atoms with Crippen molar-refractivity contribution in [3.63, 3.8) is 0 Å². The number of rotatable bonds is 1. The summed E-state index contributed by atoms with van der Waals surface area (Å²) in [4.78, 5) is 11.0. The Bertz CT molecular complexity index is 144. The van der Waals surface area contributed by atoms with Gasteiger partial charge in [0.15, 0.2) is 0 Å². The van der Waals surface area contributed by atoms with Crippen molar-refractivity contribution in [1.29, 1.82) is 0 Å². The normalized spacial score (nSPS) is 38.6. The van der Waals surface area contributed by atoms with E-state index < -0.39 is 0 Å². The summed E-state index contributed by atoms with van der Waals surface area (Å²) in [5.74, 6) is 0.858. The minimum absolute atomic E-state index is 0.119. The summed E-state index contributed by atoms with van der Waals surface area (Å²) in [6.07, 6.45) is 2.27. The van der Waals surface area contributed by atoms with Crippen molar-refractivity contribution in [1.82, 2.24) is 0 Å². The number of carbonyl (C=O) groups excluding carboxylic acids is 1. The lowest BCUT2D eigenvalue weighted by Crippen LogP contribution is -2.28. The first-order valence-electron chi connectivity index (χ1n) is 4.28. The van der Waals surface area contributed by atoms with Crippen LogP contribution in [-0.4, -0.2) is 17.0 Å². The van der Waals surface area contributed by atoms with E-state index in [1.165, 1.54) is 0 Å². The smallest absolute Gasteiger partial charge is 0.133 e. The lowest BCUT2D eigenvalue weighted by molar-refractivity contribution is -0.123. The lowest BCUT2D eigenvalue weighted by atomic mass is 9.79. The molecule has 0 spiro atoms. The summed E-state index contributed by atoms with van der Waals surface area (Å²) < 4.78 is 0. The fraction of sp³-hybridized carbons (Fsp3) is 0.889. The van der Waals surface area contributed by atoms with E-state index in [1.807, 2.05) is 0 Å². The first-order chi connectivity index (χ1) is 5.09. The van der Waals surface area contributed by atoms with Crippen molar-refractivity contribution in [2.45, 2.75) is 39.2 Å². The first-order valence-corrected chi connectivity index (χ1v) is 4.28. The maximum atomic E-state index is 11.0. The maximum absolute atomic E-state index is 11.0. The van der Waals surface area contributed by atoms with Crippen LogP contribution in [0.25, 0.3) is 0 Å². The fourth-order valence-corrected chi connectivity index (χ4v) is 1.90. The minimum Gasteiger partial charge on any atom is -0.393 e. The van der Waals surface area contributed by atoms with Gasteiger partial charge in [-0.15, -0.1) is 0 Å². The van der Waals surface area contributed by atoms with Crippen LogP contribution >= 0.6 is 0 Å². The minimum atomic E-state index is -0.243. The Labute approximate surface area is 67.6 Å². The SMILES string of the molecule is CC(=O)C1CC(C)CC(O)C1. The van der Waals surface area contributed by atoms with Gasteiger partial charge in [-0.05, 0) is 32.1 Å². The van der Waals surface area contributed by atoms with E-state index in [2.05, 4.69) is 6.92 Å². The predicted octanol–water partition coefficient (Wildman–Crippen LogP) is 1.37. The summed E-state index contributed by atoms with van der Waals surface area (Å²) >= 11 is 0. The topological polar surface area (TPSA) is 37.3 Å². The quantitative estimate of drug-likeness (QED) is 0.622. The number of aliphatic hydroxyl groups is 1. The molecule has 0 heterocycles. The Morgan fingerprint density at radius 1 is 1.36 bits per heavy atom. The number of Topliss-reactive ketones (excluding diaryl/α,β-unsaturated/α-hetero) is 1. The highest BCUT2D eigenvalue weighted by Crippen LogP contribution is 2.29. The number of hydrogen-bond acceptors (Lipinski definition) is 2. The molecule has 0 aliphatic heterocycles. The Morgan fingerprint density at radius 3 is 2.45 bits per heavy atom. The van der Waals surface area contributed by atoms with E-state index in [0.717, 1.165) is 12.8 Å². The molecule has 2 nitrogen and oxygen atoms in total. The molecule has 1 aliphatic rings. The largest absolute Gasteiger partial charge is 0.393 e. The molecular formula is C9H16O2. The number of hydrogen-bond donors (Lipinski definition) is 1. The van der Waals surface area contributed by atoms with Gasteiger partial charge >= 0.3 is 0 Å². The third-order valence-electron chi connectivity index (χ3n) is 2.49. The van der Waals surface area contributed by atoms with Crippen LogP contribution in [0.2, 0.25) is 0 Å². The predicted molar refractivity (Wildman–Crippen MR) is 43.2 cm³/mol. The molecule has 1 rings (SSSR count). The van der Waals surface area contributed by atoms with Crippen LogP contribution in [0.5, 0.6) is 0 Å². The molecule has 1 N–H and O–H groups in total. The third kappa shape index (κ3) is 2.29. The van der Waals surface area contributed by atoms with E-state index in [-0.39, 0.29) is 17.8 Å². The summed E-state index contributed by atoms with van der Waals surface area (Å²) in [6.45, 7) is 3.72. The van der Waals surface area contributed by atoms with Crippen LogP contribution in [0.15, 0.2) is 0 Å². The molecule has 1 saturated carbocycles. The van der Waals surface area contributed by atoms with Crippen molar-refractivity contribution in [3.05, 3.63) is 0 Å². The van der Waals surface area contributed by atoms with Crippen LogP contribution < -0.4 is 0 Å². The van der Waals surface area contributed by atoms with E-state index >= 15 is 0 Å². The van der Waals surface area contributed by atoms with Crippen molar-refractivity contribution >= 4 is 5.78 Å². The Kier molecular flexibility index (Phi) is 2.66. The number of aliphatic hydroxyl groups excluding tert-OH is 1. The third-order valence-corrected chi connectivity index (χ3v) is 2.49. The summed E-state index contributed by atoms with van der Waals surface area (Å²) in [7, 11) is 0. The van der Waals surface area contributed by atoms with E-state index in [9.17, 15) is 9.90 Å². The van der Waals surface area contributed by atoms with Crippen LogP contribution in [0.4, 0.5) is 0 Å². The Balaban J connectivity index is 2.49. The molecular weight excluding hydrogens is 140 g/mol. The van der Waals surface area contributed by atoms with Gasteiger partial charge in [-0.2, -0.15) is 0 Å². The zero-order chi connectivity index (χ0) is 8.43. The molecule has 2 heteroatoms. The van der Waals surface area contributed by atoms with Crippen LogP contribution in [0.1, 0.15) is 33.1 Å². The molecule has 0 aromatic heterocycles. The van der Waals surface area contributed by atoms with Crippen molar-refractivity contribution in [2.24, 2.45) is 11.8 Å². The number of carbonyl (C=O) groups is 1. The van der Waals surface area contributed by atoms with Gasteiger partial charge in [0.05, 0.1) is 6.10 Å². The molecule has 64 valence electrons. The molecule has 0 radical (unpaired) electrons. The van der Waals surface area contributed by atoms with Crippen molar-refractivity contribution < 1.29 is 9.90 Å².